The number of phenolic OH excluding ortho intramolecular Hbond substituents is 1. The molecule has 0 aliphatic carbocycles. The highest BCUT2D eigenvalue weighted by molar-refractivity contribution is 5.68. The summed E-state index contributed by atoms with van der Waals surface area (Å²) in [7, 11) is 0. The first-order valence-electron chi connectivity index (χ1n) is 5.06. The second-order valence-corrected chi connectivity index (χ2v) is 3.52. The zero-order valence-corrected chi connectivity index (χ0v) is 8.91. The number of benzene rings is 1. The normalized spacial score (nSPS) is 10.5. The molecule has 2 aromatic rings. The molecule has 0 fully saturated rings. The molecule has 0 saturated carbocycles. The summed E-state index contributed by atoms with van der Waals surface area (Å²) in [6, 6.07) is 7.27. The van der Waals surface area contributed by atoms with E-state index in [1.165, 1.54) is 0 Å². The highest BCUT2D eigenvalue weighted by Gasteiger charge is 2.11. The quantitative estimate of drug-likeness (QED) is 0.786. The van der Waals surface area contributed by atoms with E-state index < -0.39 is 0 Å². The third-order valence-electron chi connectivity index (χ3n) is 2.41. The smallest absolute Gasteiger partial charge is 0.125 e. The Bertz CT molecular complexity index is 474. The molecule has 0 aliphatic heterocycles. The van der Waals surface area contributed by atoms with Gasteiger partial charge in [0.1, 0.15) is 11.6 Å². The Hall–Kier alpha value is -1.77. The van der Waals surface area contributed by atoms with Crippen molar-refractivity contribution in [1.29, 1.82) is 0 Å². The maximum absolute atomic E-state index is 9.74. The van der Waals surface area contributed by atoms with Crippen LogP contribution in [0.2, 0.25) is 0 Å². The van der Waals surface area contributed by atoms with Gasteiger partial charge in [0.15, 0.2) is 0 Å². The number of nitrogens with one attached hydrogen (secondary N) is 1. The lowest BCUT2D eigenvalue weighted by atomic mass is 10.1. The summed E-state index contributed by atoms with van der Waals surface area (Å²) in [4.78, 5) is 7.59. The zero-order valence-electron chi connectivity index (χ0n) is 8.91. The van der Waals surface area contributed by atoms with E-state index in [4.69, 9.17) is 0 Å². The predicted molar refractivity (Wildman–Crippen MR) is 59.8 cm³/mol. The summed E-state index contributed by atoms with van der Waals surface area (Å²) in [6.45, 7) is 3.99. The average molecular weight is 202 g/mol. The number of nitrogens with zero attached hydrogens (tertiary/aromatic N) is 1. The average Bonchev–Trinajstić information content (AvgIpc) is 2.60. The fourth-order valence-electron chi connectivity index (χ4n) is 1.69. The number of aryl methyl sites for hydroxylation is 2. The number of hydrogen-bond donors (Lipinski definition) is 2. The van der Waals surface area contributed by atoms with Gasteiger partial charge in [-0.05, 0) is 25.5 Å². The number of aromatic hydroxyl groups is 1. The minimum absolute atomic E-state index is 0.277. The monoisotopic (exact) mass is 202 g/mol. The van der Waals surface area contributed by atoms with Gasteiger partial charge in [-0.25, -0.2) is 4.98 Å². The van der Waals surface area contributed by atoms with Crippen LogP contribution in [0.4, 0.5) is 0 Å². The van der Waals surface area contributed by atoms with E-state index in [2.05, 4.69) is 16.9 Å². The first kappa shape index (κ1) is 9.77. The largest absolute Gasteiger partial charge is 0.507 e. The Morgan fingerprint density at radius 1 is 1.33 bits per heavy atom. The maximum Gasteiger partial charge on any atom is 0.125 e. The van der Waals surface area contributed by atoms with Crippen LogP contribution in [0.25, 0.3) is 11.3 Å². The standard InChI is InChI=1S/C12H14N2O/c1-3-10-12(14-8(2)13-10)9-6-4-5-7-11(9)15/h4-7,15H,3H2,1-2H3,(H,13,14). The van der Waals surface area contributed by atoms with Gasteiger partial charge in [-0.2, -0.15) is 0 Å². The highest BCUT2D eigenvalue weighted by atomic mass is 16.3. The molecule has 2 N–H and O–H groups in total. The first-order valence-corrected chi connectivity index (χ1v) is 5.06. The number of imidazole rings is 1. The molecule has 0 saturated heterocycles. The van der Waals surface area contributed by atoms with Crippen LogP contribution in [0.5, 0.6) is 5.75 Å². The minimum Gasteiger partial charge on any atom is -0.507 e. The molecule has 15 heavy (non-hydrogen) atoms. The van der Waals surface area contributed by atoms with E-state index in [-0.39, 0.29) is 5.75 Å². The van der Waals surface area contributed by atoms with Gasteiger partial charge in [0, 0.05) is 11.3 Å². The molecule has 3 heteroatoms. The van der Waals surface area contributed by atoms with E-state index in [0.717, 1.165) is 29.2 Å². The van der Waals surface area contributed by atoms with Crippen LogP contribution in [-0.4, -0.2) is 15.1 Å². The minimum atomic E-state index is 0.277. The number of rotatable bonds is 2. The lowest BCUT2D eigenvalue weighted by Gasteiger charge is -2.02. The summed E-state index contributed by atoms with van der Waals surface area (Å²) < 4.78 is 0. The third kappa shape index (κ3) is 1.73. The van der Waals surface area contributed by atoms with Gasteiger partial charge in [-0.3, -0.25) is 0 Å². The van der Waals surface area contributed by atoms with Gasteiger partial charge >= 0.3 is 0 Å². The van der Waals surface area contributed by atoms with Crippen molar-refractivity contribution in [2.45, 2.75) is 20.3 Å². The molecule has 0 amide bonds. The van der Waals surface area contributed by atoms with Gasteiger partial charge in [0.2, 0.25) is 0 Å². The lowest BCUT2D eigenvalue weighted by molar-refractivity contribution is 0.477. The van der Waals surface area contributed by atoms with Crippen molar-refractivity contribution in [3.8, 4) is 17.0 Å². The van der Waals surface area contributed by atoms with Crippen molar-refractivity contribution in [2.75, 3.05) is 0 Å². The van der Waals surface area contributed by atoms with Crippen molar-refractivity contribution < 1.29 is 5.11 Å². The van der Waals surface area contributed by atoms with Crippen molar-refractivity contribution in [3.63, 3.8) is 0 Å². The molecular formula is C12H14N2O. The molecule has 78 valence electrons. The van der Waals surface area contributed by atoms with Crippen LogP contribution in [-0.2, 0) is 6.42 Å². The van der Waals surface area contributed by atoms with Crippen LogP contribution in [0.1, 0.15) is 18.4 Å². The summed E-state index contributed by atoms with van der Waals surface area (Å²) in [5, 5.41) is 9.74. The Kier molecular flexibility index (Phi) is 2.46. The van der Waals surface area contributed by atoms with Crippen molar-refractivity contribution in [2.24, 2.45) is 0 Å². The fraction of sp³-hybridized carbons (Fsp3) is 0.250. The van der Waals surface area contributed by atoms with E-state index in [1.807, 2.05) is 25.1 Å². The second-order valence-electron chi connectivity index (χ2n) is 3.52. The first-order chi connectivity index (χ1) is 7.22. The molecule has 3 nitrogen and oxygen atoms in total. The number of aromatic nitrogens is 2. The molecule has 1 heterocycles. The topological polar surface area (TPSA) is 48.9 Å². The van der Waals surface area contributed by atoms with E-state index in [0.29, 0.717) is 0 Å². The van der Waals surface area contributed by atoms with Crippen LogP contribution in [0.3, 0.4) is 0 Å². The molecular weight excluding hydrogens is 188 g/mol. The second kappa shape index (κ2) is 3.77. The third-order valence-corrected chi connectivity index (χ3v) is 2.41. The van der Waals surface area contributed by atoms with Gasteiger partial charge < -0.3 is 10.1 Å². The highest BCUT2D eigenvalue weighted by Crippen LogP contribution is 2.29. The summed E-state index contributed by atoms with van der Waals surface area (Å²) in [6.07, 6.45) is 0.879. The van der Waals surface area contributed by atoms with Crippen LogP contribution in [0.15, 0.2) is 24.3 Å². The van der Waals surface area contributed by atoms with E-state index >= 15 is 0 Å². The van der Waals surface area contributed by atoms with Crippen molar-refractivity contribution in [1.82, 2.24) is 9.97 Å². The maximum atomic E-state index is 9.74. The predicted octanol–water partition coefficient (Wildman–Crippen LogP) is 2.65. The number of para-hydroxylation sites is 1. The van der Waals surface area contributed by atoms with Crippen LogP contribution < -0.4 is 0 Å². The Labute approximate surface area is 88.8 Å². The molecule has 0 unspecified atom stereocenters. The van der Waals surface area contributed by atoms with Crippen LogP contribution >= 0.6 is 0 Å². The lowest BCUT2D eigenvalue weighted by Crippen LogP contribution is -1.86. The summed E-state index contributed by atoms with van der Waals surface area (Å²) in [5.41, 5.74) is 2.71. The van der Waals surface area contributed by atoms with Crippen molar-refractivity contribution in [3.05, 3.63) is 35.8 Å². The molecule has 2 rings (SSSR count). The number of H-pyrrole nitrogens is 1. The van der Waals surface area contributed by atoms with E-state index in [1.54, 1.807) is 6.07 Å². The Balaban J connectivity index is 2.58. The fourth-order valence-corrected chi connectivity index (χ4v) is 1.69. The number of phenols is 1. The molecule has 0 radical (unpaired) electrons. The SMILES string of the molecule is CCc1[nH]c(C)nc1-c1ccccc1O. The van der Waals surface area contributed by atoms with Gasteiger partial charge in [-0.15, -0.1) is 0 Å². The van der Waals surface area contributed by atoms with Gasteiger partial charge in [0.05, 0.1) is 5.69 Å². The van der Waals surface area contributed by atoms with Crippen LogP contribution in [0, 0.1) is 6.92 Å². The van der Waals surface area contributed by atoms with Gasteiger partial charge in [-0.1, -0.05) is 19.1 Å². The summed E-state index contributed by atoms with van der Waals surface area (Å²) >= 11 is 0. The van der Waals surface area contributed by atoms with Gasteiger partial charge in [0.25, 0.3) is 0 Å². The molecule has 0 bridgehead atoms. The Morgan fingerprint density at radius 3 is 2.73 bits per heavy atom. The zero-order chi connectivity index (χ0) is 10.8. The van der Waals surface area contributed by atoms with Crippen molar-refractivity contribution >= 4 is 0 Å². The molecule has 0 atom stereocenters. The van der Waals surface area contributed by atoms with E-state index in [9.17, 15) is 5.11 Å². The Morgan fingerprint density at radius 2 is 2.07 bits per heavy atom. The number of aromatic amines is 1. The molecule has 1 aromatic carbocycles. The molecule has 1 aromatic heterocycles. The summed E-state index contributed by atoms with van der Waals surface area (Å²) in [5.74, 6) is 1.16. The molecule has 0 aliphatic rings. The molecule has 0 spiro atoms. The number of hydrogen-bond acceptors (Lipinski definition) is 2.